The Balaban J connectivity index is 3.16. The van der Waals surface area contributed by atoms with Gasteiger partial charge in [0.25, 0.3) is 0 Å². The molecule has 0 aromatic heterocycles. The number of carbonyl (C=O) groups excluding carboxylic acids is 2. The minimum Gasteiger partial charge on any atom is -0.480 e. The number of aliphatic carboxylic acids is 1. The van der Waals surface area contributed by atoms with Gasteiger partial charge in [-0.3, -0.25) is 9.59 Å². The molecule has 0 radical (unpaired) electrons. The zero-order valence-electron chi connectivity index (χ0n) is 14.0. The molecule has 0 aromatic carbocycles. The van der Waals surface area contributed by atoms with Gasteiger partial charge in [0.05, 0.1) is 5.92 Å². The second-order valence-electron chi connectivity index (χ2n) is 7.09. The van der Waals surface area contributed by atoms with Gasteiger partial charge >= 0.3 is 24.2 Å². The SMILES string of the molecule is CC(C)(C)[C@H](NC(=O)C(F)(F)F)C(=O)N1C[C@H](C(F)(F)F)C[C@H]1C(=O)O. The molecule has 2 amide bonds. The number of nitrogens with zero attached hydrogens (tertiary/aromatic N) is 1. The molecule has 6 nitrogen and oxygen atoms in total. The lowest BCUT2D eigenvalue weighted by Crippen LogP contribution is -2.58. The lowest BCUT2D eigenvalue weighted by atomic mass is 9.85. The van der Waals surface area contributed by atoms with Gasteiger partial charge in [0.1, 0.15) is 12.1 Å². The number of hydrogen-bond donors (Lipinski definition) is 2. The van der Waals surface area contributed by atoms with Crippen LogP contribution in [0.4, 0.5) is 26.3 Å². The first kappa shape index (κ1) is 22.0. The first-order valence-electron chi connectivity index (χ1n) is 7.44. The number of carboxylic acid groups (broad SMARTS) is 1. The van der Waals surface area contributed by atoms with Crippen molar-refractivity contribution in [1.82, 2.24) is 10.2 Å². The summed E-state index contributed by atoms with van der Waals surface area (Å²) >= 11 is 0. The molecule has 1 heterocycles. The van der Waals surface area contributed by atoms with E-state index in [4.69, 9.17) is 5.11 Å². The lowest BCUT2D eigenvalue weighted by Gasteiger charge is -2.35. The summed E-state index contributed by atoms with van der Waals surface area (Å²) in [6.07, 6.45) is -11.0. The molecule has 0 unspecified atom stereocenters. The molecular formula is C14H18F6N2O4. The summed E-state index contributed by atoms with van der Waals surface area (Å²) in [6.45, 7) is 2.87. The van der Waals surface area contributed by atoms with Crippen molar-refractivity contribution in [2.45, 2.75) is 51.6 Å². The minimum absolute atomic E-state index is 0.368. The van der Waals surface area contributed by atoms with Crippen molar-refractivity contribution in [3.05, 3.63) is 0 Å². The van der Waals surface area contributed by atoms with E-state index in [9.17, 15) is 40.7 Å². The fourth-order valence-electron chi connectivity index (χ4n) is 2.58. The smallest absolute Gasteiger partial charge is 0.471 e. The largest absolute Gasteiger partial charge is 0.480 e. The summed E-state index contributed by atoms with van der Waals surface area (Å²) in [4.78, 5) is 35.3. The Labute approximate surface area is 144 Å². The number of hydrogen-bond acceptors (Lipinski definition) is 3. The predicted molar refractivity (Wildman–Crippen MR) is 74.7 cm³/mol. The molecule has 1 saturated heterocycles. The van der Waals surface area contributed by atoms with Crippen LogP contribution in [0.1, 0.15) is 27.2 Å². The monoisotopic (exact) mass is 392 g/mol. The Morgan fingerprint density at radius 2 is 1.58 bits per heavy atom. The fourth-order valence-corrected chi connectivity index (χ4v) is 2.58. The number of carboxylic acids is 1. The van der Waals surface area contributed by atoms with Gasteiger partial charge in [-0.1, -0.05) is 20.8 Å². The van der Waals surface area contributed by atoms with E-state index in [1.807, 2.05) is 0 Å². The van der Waals surface area contributed by atoms with Crippen molar-refractivity contribution < 1.29 is 45.8 Å². The van der Waals surface area contributed by atoms with E-state index in [1.54, 1.807) is 0 Å². The van der Waals surface area contributed by atoms with Crippen LogP contribution >= 0.6 is 0 Å². The summed E-state index contributed by atoms with van der Waals surface area (Å²) < 4.78 is 76.1. The van der Waals surface area contributed by atoms with Crippen LogP contribution in [0, 0.1) is 11.3 Å². The quantitative estimate of drug-likeness (QED) is 0.719. The first-order valence-corrected chi connectivity index (χ1v) is 7.44. The number of likely N-dealkylation sites (tertiary alicyclic amines) is 1. The summed E-state index contributed by atoms with van der Waals surface area (Å²) in [5, 5.41) is 10.5. The molecule has 0 saturated carbocycles. The highest BCUT2D eigenvalue weighted by molar-refractivity contribution is 5.92. The molecule has 12 heteroatoms. The Kier molecular flexibility index (Phi) is 5.89. The van der Waals surface area contributed by atoms with Crippen LogP contribution in [-0.4, -0.2) is 58.8 Å². The molecule has 1 aliphatic heterocycles. The van der Waals surface area contributed by atoms with E-state index < -0.39 is 66.5 Å². The maximum Gasteiger partial charge on any atom is 0.471 e. The van der Waals surface area contributed by atoms with Gasteiger partial charge in [0.2, 0.25) is 5.91 Å². The Morgan fingerprint density at radius 3 is 1.92 bits per heavy atom. The molecule has 0 spiro atoms. The third kappa shape index (κ3) is 5.01. The number of amides is 2. The van der Waals surface area contributed by atoms with Gasteiger partial charge < -0.3 is 15.3 Å². The van der Waals surface area contributed by atoms with Crippen molar-refractivity contribution in [2.75, 3.05) is 6.54 Å². The zero-order valence-corrected chi connectivity index (χ0v) is 14.0. The van der Waals surface area contributed by atoms with E-state index in [1.165, 1.54) is 26.1 Å². The van der Waals surface area contributed by atoms with Gasteiger partial charge in [0, 0.05) is 6.54 Å². The van der Waals surface area contributed by atoms with Gasteiger partial charge in [-0.2, -0.15) is 26.3 Å². The van der Waals surface area contributed by atoms with Crippen LogP contribution in [0.15, 0.2) is 0 Å². The van der Waals surface area contributed by atoms with E-state index in [-0.39, 0.29) is 0 Å². The van der Waals surface area contributed by atoms with E-state index in [0.717, 1.165) is 0 Å². The van der Waals surface area contributed by atoms with E-state index >= 15 is 0 Å². The molecular weight excluding hydrogens is 374 g/mol. The van der Waals surface area contributed by atoms with Crippen LogP contribution in [0.5, 0.6) is 0 Å². The molecule has 150 valence electrons. The summed E-state index contributed by atoms with van der Waals surface area (Å²) in [5.41, 5.74) is -1.31. The number of alkyl halides is 6. The predicted octanol–water partition coefficient (Wildman–Crippen LogP) is 1.94. The van der Waals surface area contributed by atoms with Crippen LogP contribution in [0.2, 0.25) is 0 Å². The second-order valence-corrected chi connectivity index (χ2v) is 7.09. The third-order valence-electron chi connectivity index (χ3n) is 3.98. The molecule has 1 rings (SSSR count). The van der Waals surface area contributed by atoms with Gasteiger partial charge in [-0.25, -0.2) is 4.79 Å². The summed E-state index contributed by atoms with van der Waals surface area (Å²) in [6, 6.07) is -3.70. The van der Waals surface area contributed by atoms with E-state index in [0.29, 0.717) is 4.90 Å². The van der Waals surface area contributed by atoms with Crippen molar-refractivity contribution in [2.24, 2.45) is 11.3 Å². The summed E-state index contributed by atoms with van der Waals surface area (Å²) in [7, 11) is 0. The maximum absolute atomic E-state index is 12.9. The summed E-state index contributed by atoms with van der Waals surface area (Å²) in [5.74, 6) is -7.58. The number of rotatable bonds is 3. The topological polar surface area (TPSA) is 86.7 Å². The average Bonchev–Trinajstić information content (AvgIpc) is 2.86. The molecule has 1 aliphatic rings. The standard InChI is InChI=1S/C14H18F6N2O4/c1-12(2,3)8(21-11(26)14(18,19)20)9(23)22-5-6(13(15,16)17)4-7(22)10(24)25/h6-8H,4-5H2,1-3H3,(H,21,26)(H,24,25)/t6-,7+,8-/m1/s1. The molecule has 0 bridgehead atoms. The van der Waals surface area contributed by atoms with Crippen LogP contribution in [0.3, 0.4) is 0 Å². The average molecular weight is 392 g/mol. The number of carbonyl (C=O) groups is 3. The zero-order chi connectivity index (χ0) is 20.7. The molecule has 0 aliphatic carbocycles. The number of nitrogens with one attached hydrogen (secondary N) is 1. The highest BCUT2D eigenvalue weighted by Gasteiger charge is 2.53. The molecule has 2 N–H and O–H groups in total. The van der Waals surface area contributed by atoms with Crippen molar-refractivity contribution >= 4 is 17.8 Å². The highest BCUT2D eigenvalue weighted by Crippen LogP contribution is 2.38. The van der Waals surface area contributed by atoms with Crippen LogP contribution in [0.25, 0.3) is 0 Å². The van der Waals surface area contributed by atoms with Crippen molar-refractivity contribution in [3.8, 4) is 0 Å². The molecule has 26 heavy (non-hydrogen) atoms. The number of halogens is 6. The molecule has 3 atom stereocenters. The second kappa shape index (κ2) is 6.95. The van der Waals surface area contributed by atoms with Gasteiger partial charge in [-0.15, -0.1) is 0 Å². The minimum atomic E-state index is -5.31. The Morgan fingerprint density at radius 1 is 1.08 bits per heavy atom. The van der Waals surface area contributed by atoms with Crippen LogP contribution in [-0.2, 0) is 14.4 Å². The Hall–Kier alpha value is -2.01. The van der Waals surface area contributed by atoms with Gasteiger partial charge in [0.15, 0.2) is 0 Å². The van der Waals surface area contributed by atoms with Gasteiger partial charge in [-0.05, 0) is 11.8 Å². The Bertz CT molecular complexity index is 581. The fraction of sp³-hybridized carbons (Fsp3) is 0.786. The highest BCUT2D eigenvalue weighted by atomic mass is 19.4. The lowest BCUT2D eigenvalue weighted by molar-refractivity contribution is -0.177. The van der Waals surface area contributed by atoms with E-state index in [2.05, 4.69) is 0 Å². The molecule has 0 aromatic rings. The van der Waals surface area contributed by atoms with Crippen LogP contribution < -0.4 is 5.32 Å². The van der Waals surface area contributed by atoms with Crippen molar-refractivity contribution in [3.63, 3.8) is 0 Å². The van der Waals surface area contributed by atoms with Crippen molar-refractivity contribution in [1.29, 1.82) is 0 Å². The normalized spacial score (nSPS) is 22.9. The maximum atomic E-state index is 12.9. The first-order chi connectivity index (χ1) is 11.5. The molecule has 1 fully saturated rings. The third-order valence-corrected chi connectivity index (χ3v) is 3.98.